The number of nitrogens with zero attached hydrogens (tertiary/aromatic N) is 2. The second kappa shape index (κ2) is 7.53. The summed E-state index contributed by atoms with van der Waals surface area (Å²) in [4.78, 5) is 16.8. The average molecular weight is 328 g/mol. The van der Waals surface area contributed by atoms with E-state index < -0.39 is 6.10 Å². The SMILES string of the molecule is Cc1ccccc1O[C@@H](C)C(=O)N1CCN(Cc2ccco2)CC1. The molecule has 2 aromatic rings. The molecule has 0 N–H and O–H groups in total. The number of furan rings is 1. The number of carbonyl (C=O) groups excluding carboxylic acids is 1. The Morgan fingerprint density at radius 3 is 2.58 bits per heavy atom. The molecule has 24 heavy (non-hydrogen) atoms. The lowest BCUT2D eigenvalue weighted by Crippen LogP contribution is -2.51. The molecular weight excluding hydrogens is 304 g/mol. The Kier molecular flexibility index (Phi) is 5.20. The van der Waals surface area contributed by atoms with Crippen LogP contribution in [0.4, 0.5) is 0 Å². The van der Waals surface area contributed by atoms with Crippen LogP contribution in [-0.4, -0.2) is 48.0 Å². The molecule has 3 rings (SSSR count). The van der Waals surface area contributed by atoms with E-state index in [1.807, 2.05) is 55.1 Å². The minimum absolute atomic E-state index is 0.0518. The van der Waals surface area contributed by atoms with E-state index in [0.717, 1.165) is 49.8 Å². The normalized spacial score (nSPS) is 16.8. The molecule has 5 nitrogen and oxygen atoms in total. The highest BCUT2D eigenvalue weighted by atomic mass is 16.5. The predicted molar refractivity (Wildman–Crippen MR) is 91.8 cm³/mol. The number of amides is 1. The fourth-order valence-corrected chi connectivity index (χ4v) is 2.94. The molecule has 0 aliphatic carbocycles. The summed E-state index contributed by atoms with van der Waals surface area (Å²) in [6.07, 6.45) is 1.22. The number of para-hydroxylation sites is 1. The van der Waals surface area contributed by atoms with Gasteiger partial charge in [-0.3, -0.25) is 9.69 Å². The van der Waals surface area contributed by atoms with Gasteiger partial charge in [-0.1, -0.05) is 18.2 Å². The third-order valence-electron chi connectivity index (χ3n) is 4.39. The minimum atomic E-state index is -0.470. The smallest absolute Gasteiger partial charge is 0.263 e. The molecular formula is C19H24N2O3. The Bertz CT molecular complexity index is 661. The van der Waals surface area contributed by atoms with Crippen LogP contribution in [0.2, 0.25) is 0 Å². The maximum atomic E-state index is 12.6. The van der Waals surface area contributed by atoms with Crippen LogP contribution in [-0.2, 0) is 11.3 Å². The fourth-order valence-electron chi connectivity index (χ4n) is 2.94. The van der Waals surface area contributed by atoms with E-state index in [2.05, 4.69) is 4.90 Å². The maximum Gasteiger partial charge on any atom is 0.263 e. The summed E-state index contributed by atoms with van der Waals surface area (Å²) in [6.45, 7) is 7.75. The first-order valence-electron chi connectivity index (χ1n) is 8.39. The number of hydrogen-bond donors (Lipinski definition) is 0. The van der Waals surface area contributed by atoms with Crippen LogP contribution >= 0.6 is 0 Å². The summed E-state index contributed by atoms with van der Waals surface area (Å²) < 4.78 is 11.2. The van der Waals surface area contributed by atoms with Gasteiger partial charge in [0.1, 0.15) is 11.5 Å². The zero-order valence-electron chi connectivity index (χ0n) is 14.3. The van der Waals surface area contributed by atoms with Crippen molar-refractivity contribution in [1.29, 1.82) is 0 Å². The Morgan fingerprint density at radius 2 is 1.92 bits per heavy atom. The number of ether oxygens (including phenoxy) is 1. The van der Waals surface area contributed by atoms with Crippen molar-refractivity contribution in [3.63, 3.8) is 0 Å². The van der Waals surface area contributed by atoms with Gasteiger partial charge in [0.2, 0.25) is 0 Å². The summed E-state index contributed by atoms with van der Waals surface area (Å²) in [7, 11) is 0. The maximum absolute atomic E-state index is 12.6. The highest BCUT2D eigenvalue weighted by molar-refractivity contribution is 5.81. The molecule has 0 bridgehead atoms. The second-order valence-corrected chi connectivity index (χ2v) is 6.21. The molecule has 1 atom stereocenters. The van der Waals surface area contributed by atoms with Gasteiger partial charge in [0.05, 0.1) is 12.8 Å². The number of piperazine rings is 1. The van der Waals surface area contributed by atoms with Crippen molar-refractivity contribution >= 4 is 5.91 Å². The molecule has 0 spiro atoms. The molecule has 0 radical (unpaired) electrons. The largest absolute Gasteiger partial charge is 0.481 e. The van der Waals surface area contributed by atoms with E-state index in [9.17, 15) is 4.79 Å². The van der Waals surface area contributed by atoms with Crippen molar-refractivity contribution in [2.45, 2.75) is 26.5 Å². The average Bonchev–Trinajstić information content (AvgIpc) is 3.10. The molecule has 1 aliphatic rings. The third-order valence-corrected chi connectivity index (χ3v) is 4.39. The van der Waals surface area contributed by atoms with Crippen LogP contribution < -0.4 is 4.74 Å². The first-order chi connectivity index (χ1) is 11.6. The summed E-state index contributed by atoms with van der Waals surface area (Å²) in [6, 6.07) is 11.7. The minimum Gasteiger partial charge on any atom is -0.481 e. The van der Waals surface area contributed by atoms with Crippen molar-refractivity contribution in [3.8, 4) is 5.75 Å². The van der Waals surface area contributed by atoms with Crippen LogP contribution in [0.1, 0.15) is 18.2 Å². The molecule has 128 valence electrons. The van der Waals surface area contributed by atoms with Crippen LogP contribution in [0.25, 0.3) is 0 Å². The van der Waals surface area contributed by atoms with Crippen molar-refractivity contribution in [3.05, 3.63) is 54.0 Å². The highest BCUT2D eigenvalue weighted by Gasteiger charge is 2.26. The Labute approximate surface area is 142 Å². The lowest BCUT2D eigenvalue weighted by atomic mass is 10.2. The van der Waals surface area contributed by atoms with E-state index in [4.69, 9.17) is 9.15 Å². The molecule has 0 saturated carbocycles. The quantitative estimate of drug-likeness (QED) is 0.847. The van der Waals surface area contributed by atoms with E-state index in [1.165, 1.54) is 0 Å². The Balaban J connectivity index is 1.50. The lowest BCUT2D eigenvalue weighted by molar-refractivity contribution is -0.139. The van der Waals surface area contributed by atoms with Crippen molar-refractivity contribution in [2.75, 3.05) is 26.2 Å². The molecule has 1 saturated heterocycles. The van der Waals surface area contributed by atoms with Gasteiger partial charge in [-0.15, -0.1) is 0 Å². The first-order valence-corrected chi connectivity index (χ1v) is 8.39. The number of carbonyl (C=O) groups is 1. The van der Waals surface area contributed by atoms with Gasteiger partial charge >= 0.3 is 0 Å². The molecule has 1 fully saturated rings. The molecule has 0 unspecified atom stereocenters. The number of rotatable bonds is 5. The van der Waals surface area contributed by atoms with Gasteiger partial charge in [-0.05, 0) is 37.6 Å². The summed E-state index contributed by atoms with van der Waals surface area (Å²) >= 11 is 0. The molecule has 1 aromatic carbocycles. The molecule has 1 amide bonds. The monoisotopic (exact) mass is 328 g/mol. The van der Waals surface area contributed by atoms with Crippen molar-refractivity contribution < 1.29 is 13.9 Å². The standard InChI is InChI=1S/C19H24N2O3/c1-15-6-3-4-8-18(15)24-16(2)19(22)21-11-9-20(10-12-21)14-17-7-5-13-23-17/h3-8,13,16H,9-12,14H2,1-2H3/t16-/m0/s1. The number of benzene rings is 1. The van der Waals surface area contributed by atoms with Gasteiger partial charge in [0, 0.05) is 26.2 Å². The van der Waals surface area contributed by atoms with Gasteiger partial charge in [0.15, 0.2) is 6.10 Å². The van der Waals surface area contributed by atoms with Crippen LogP contribution in [0.3, 0.4) is 0 Å². The molecule has 5 heteroatoms. The topological polar surface area (TPSA) is 45.9 Å². The van der Waals surface area contributed by atoms with Crippen molar-refractivity contribution in [1.82, 2.24) is 9.80 Å². The molecule has 2 heterocycles. The van der Waals surface area contributed by atoms with E-state index in [-0.39, 0.29) is 5.91 Å². The van der Waals surface area contributed by atoms with Gasteiger partial charge < -0.3 is 14.1 Å². The first kappa shape index (κ1) is 16.6. The Hall–Kier alpha value is -2.27. The molecule has 1 aliphatic heterocycles. The number of hydrogen-bond acceptors (Lipinski definition) is 4. The highest BCUT2D eigenvalue weighted by Crippen LogP contribution is 2.19. The van der Waals surface area contributed by atoms with E-state index in [0.29, 0.717) is 0 Å². The zero-order valence-corrected chi connectivity index (χ0v) is 14.3. The van der Waals surface area contributed by atoms with E-state index >= 15 is 0 Å². The van der Waals surface area contributed by atoms with E-state index in [1.54, 1.807) is 6.26 Å². The van der Waals surface area contributed by atoms with Crippen LogP contribution in [0.5, 0.6) is 5.75 Å². The second-order valence-electron chi connectivity index (χ2n) is 6.21. The fraction of sp³-hybridized carbons (Fsp3) is 0.421. The number of aryl methyl sites for hydroxylation is 1. The third kappa shape index (κ3) is 3.97. The predicted octanol–water partition coefficient (Wildman–Crippen LogP) is 2.70. The Morgan fingerprint density at radius 1 is 1.17 bits per heavy atom. The zero-order chi connectivity index (χ0) is 16.9. The van der Waals surface area contributed by atoms with Gasteiger partial charge in [-0.25, -0.2) is 0 Å². The lowest BCUT2D eigenvalue weighted by Gasteiger charge is -2.35. The van der Waals surface area contributed by atoms with Crippen LogP contribution in [0, 0.1) is 6.92 Å². The van der Waals surface area contributed by atoms with Crippen LogP contribution in [0.15, 0.2) is 47.1 Å². The summed E-state index contributed by atoms with van der Waals surface area (Å²) in [5, 5.41) is 0. The molecule has 1 aromatic heterocycles. The summed E-state index contributed by atoms with van der Waals surface area (Å²) in [5.74, 6) is 1.79. The summed E-state index contributed by atoms with van der Waals surface area (Å²) in [5.41, 5.74) is 1.04. The van der Waals surface area contributed by atoms with Gasteiger partial charge in [-0.2, -0.15) is 0 Å². The van der Waals surface area contributed by atoms with Crippen molar-refractivity contribution in [2.24, 2.45) is 0 Å². The van der Waals surface area contributed by atoms with Gasteiger partial charge in [0.25, 0.3) is 5.91 Å².